The number of anilines is 3. The van der Waals surface area contributed by atoms with Crippen LogP contribution in [-0.4, -0.2) is 54.8 Å². The van der Waals surface area contributed by atoms with Crippen molar-refractivity contribution in [3.8, 4) is 0 Å². The van der Waals surface area contributed by atoms with E-state index in [1.54, 1.807) is 17.0 Å². The zero-order chi connectivity index (χ0) is 22.7. The van der Waals surface area contributed by atoms with E-state index in [1.165, 1.54) is 6.20 Å². The van der Waals surface area contributed by atoms with Crippen molar-refractivity contribution in [1.29, 1.82) is 0 Å². The number of oxazole rings is 1. The molecule has 0 spiro atoms. The van der Waals surface area contributed by atoms with Crippen LogP contribution in [0.2, 0.25) is 0 Å². The number of carbonyl (C=O) groups is 1. The maximum atomic E-state index is 13.5. The molecule has 8 nitrogen and oxygen atoms in total. The van der Waals surface area contributed by atoms with Crippen LogP contribution in [0, 0.1) is 5.92 Å². The van der Waals surface area contributed by atoms with Crippen molar-refractivity contribution >= 4 is 29.6 Å². The number of carbonyl (C=O) groups excluding carboxylic acids is 1. The van der Waals surface area contributed by atoms with Crippen LogP contribution in [0.1, 0.15) is 42.4 Å². The molecule has 32 heavy (non-hydrogen) atoms. The van der Waals surface area contributed by atoms with Gasteiger partial charge in [0.1, 0.15) is 5.82 Å². The van der Waals surface area contributed by atoms with E-state index in [1.807, 2.05) is 18.0 Å². The molecule has 0 bridgehead atoms. The minimum atomic E-state index is -4.81. The number of aliphatic imine (C=N–C) groups is 1. The summed E-state index contributed by atoms with van der Waals surface area (Å²) in [6.45, 7) is 5.28. The van der Waals surface area contributed by atoms with Crippen molar-refractivity contribution in [2.24, 2.45) is 10.9 Å². The van der Waals surface area contributed by atoms with Gasteiger partial charge in [0.25, 0.3) is 11.9 Å². The summed E-state index contributed by atoms with van der Waals surface area (Å²) in [4.78, 5) is 28.5. The second kappa shape index (κ2) is 9.17. The number of aromatic nitrogens is 2. The molecule has 2 aromatic heterocycles. The van der Waals surface area contributed by atoms with Gasteiger partial charge < -0.3 is 19.5 Å². The topological polar surface area (TPSA) is 86.9 Å². The van der Waals surface area contributed by atoms with Crippen molar-refractivity contribution in [1.82, 2.24) is 9.97 Å². The fourth-order valence-electron chi connectivity index (χ4n) is 3.89. The van der Waals surface area contributed by atoms with E-state index in [0.717, 1.165) is 32.4 Å². The van der Waals surface area contributed by atoms with Crippen LogP contribution in [0.15, 0.2) is 27.7 Å². The lowest BCUT2D eigenvalue weighted by atomic mass is 10.0. The Morgan fingerprint density at radius 1 is 1.22 bits per heavy atom. The van der Waals surface area contributed by atoms with Gasteiger partial charge in [0.05, 0.1) is 18.4 Å². The molecule has 4 heterocycles. The Hall–Kier alpha value is -3.11. The fourth-order valence-corrected chi connectivity index (χ4v) is 3.89. The summed E-state index contributed by atoms with van der Waals surface area (Å²) in [6, 6.07) is 3.13. The third kappa shape index (κ3) is 5.03. The molecular formula is C21H25F3N6O2. The van der Waals surface area contributed by atoms with Gasteiger partial charge in [0.15, 0.2) is 5.69 Å². The zero-order valence-corrected chi connectivity index (χ0v) is 17.7. The normalized spacial score (nSPS) is 19.7. The van der Waals surface area contributed by atoms with Crippen LogP contribution >= 0.6 is 0 Å². The Labute approximate surface area is 183 Å². The third-order valence-corrected chi connectivity index (χ3v) is 5.49. The molecular weight excluding hydrogens is 425 g/mol. The Kier molecular flexibility index (Phi) is 6.33. The largest absolute Gasteiger partial charge is 0.437 e. The Morgan fingerprint density at radius 2 is 2.03 bits per heavy atom. The van der Waals surface area contributed by atoms with Crippen molar-refractivity contribution in [3.63, 3.8) is 0 Å². The van der Waals surface area contributed by atoms with Crippen molar-refractivity contribution in [3.05, 3.63) is 29.8 Å². The van der Waals surface area contributed by atoms with Gasteiger partial charge in [-0.2, -0.15) is 18.2 Å². The van der Waals surface area contributed by atoms with Crippen LogP contribution in [0.3, 0.4) is 0 Å². The number of amides is 1. The van der Waals surface area contributed by atoms with Gasteiger partial charge in [-0.3, -0.25) is 9.79 Å². The van der Waals surface area contributed by atoms with Gasteiger partial charge in [-0.15, -0.1) is 0 Å². The summed E-state index contributed by atoms with van der Waals surface area (Å²) in [5.74, 6) is -0.855. The third-order valence-electron chi connectivity index (χ3n) is 5.49. The van der Waals surface area contributed by atoms with Gasteiger partial charge in [-0.05, 0) is 37.3 Å². The standard InChI is InChI=1S/C21H25F3N6O2/c1-14-4-2-9-30(13-14)20-28-18(21(22,23)24)17(32-20)19(31)27-15-5-6-16(26-12-15)29-10-3-7-25-8-11-29/h5-6,8,12,14H,2-4,7,9-11,13H2,1H3,(H,27,31). The van der Waals surface area contributed by atoms with Crippen molar-refractivity contribution in [2.45, 2.75) is 32.4 Å². The molecule has 2 aliphatic rings. The average Bonchev–Trinajstić information content (AvgIpc) is 3.05. The number of alkyl halides is 3. The molecule has 1 fully saturated rings. The van der Waals surface area contributed by atoms with Crippen LogP contribution < -0.4 is 15.1 Å². The molecule has 1 amide bonds. The lowest BCUT2D eigenvalue weighted by Gasteiger charge is -2.29. The molecule has 0 saturated carbocycles. The number of hydrogen-bond donors (Lipinski definition) is 1. The second-order valence-corrected chi connectivity index (χ2v) is 8.11. The average molecular weight is 450 g/mol. The molecule has 4 rings (SSSR count). The zero-order valence-electron chi connectivity index (χ0n) is 17.7. The minimum Gasteiger partial charge on any atom is -0.417 e. The molecule has 172 valence electrons. The lowest BCUT2D eigenvalue weighted by molar-refractivity contribution is -0.141. The molecule has 2 aliphatic heterocycles. The lowest BCUT2D eigenvalue weighted by Crippen LogP contribution is -2.34. The van der Waals surface area contributed by atoms with E-state index in [0.29, 0.717) is 31.4 Å². The van der Waals surface area contributed by atoms with Crippen LogP contribution in [0.4, 0.5) is 30.7 Å². The number of nitrogens with one attached hydrogen (secondary N) is 1. The number of piperidine rings is 1. The number of nitrogens with zero attached hydrogens (tertiary/aromatic N) is 5. The van der Waals surface area contributed by atoms with E-state index in [9.17, 15) is 18.0 Å². The quantitative estimate of drug-likeness (QED) is 0.761. The molecule has 0 radical (unpaired) electrons. The van der Waals surface area contributed by atoms with E-state index in [4.69, 9.17) is 4.42 Å². The summed E-state index contributed by atoms with van der Waals surface area (Å²) in [5.41, 5.74) is -1.06. The maximum Gasteiger partial charge on any atom is 0.437 e. The maximum absolute atomic E-state index is 13.5. The molecule has 1 unspecified atom stereocenters. The first kappa shape index (κ1) is 22.1. The first-order valence-corrected chi connectivity index (χ1v) is 10.6. The van der Waals surface area contributed by atoms with E-state index < -0.39 is 23.5 Å². The highest BCUT2D eigenvalue weighted by Gasteiger charge is 2.42. The highest BCUT2D eigenvalue weighted by molar-refractivity contribution is 6.03. The number of pyridine rings is 1. The molecule has 1 atom stereocenters. The summed E-state index contributed by atoms with van der Waals surface area (Å²) < 4.78 is 46.0. The highest BCUT2D eigenvalue weighted by Crippen LogP contribution is 2.35. The molecule has 1 N–H and O–H groups in total. The van der Waals surface area contributed by atoms with Gasteiger partial charge >= 0.3 is 6.18 Å². The minimum absolute atomic E-state index is 0.176. The van der Waals surface area contributed by atoms with E-state index >= 15 is 0 Å². The van der Waals surface area contributed by atoms with Gasteiger partial charge in [-0.1, -0.05) is 6.92 Å². The Morgan fingerprint density at radius 3 is 2.75 bits per heavy atom. The number of rotatable bonds is 4. The van der Waals surface area contributed by atoms with Crippen molar-refractivity contribution in [2.75, 3.05) is 47.8 Å². The molecule has 11 heteroatoms. The summed E-state index contributed by atoms with van der Waals surface area (Å²) in [5, 5.41) is 2.44. The van der Waals surface area contributed by atoms with Gasteiger partial charge in [-0.25, -0.2) is 4.98 Å². The van der Waals surface area contributed by atoms with E-state index in [2.05, 4.69) is 20.3 Å². The smallest absolute Gasteiger partial charge is 0.417 e. The SMILES string of the molecule is CC1CCCN(c2nc(C(F)(F)F)c(C(=O)Nc3ccc(N4CC=NCCC4)nc3)o2)C1. The fraction of sp³-hybridized carbons (Fsp3) is 0.524. The first-order chi connectivity index (χ1) is 15.3. The summed E-state index contributed by atoms with van der Waals surface area (Å²) in [6.07, 6.45) is 1.14. The first-order valence-electron chi connectivity index (χ1n) is 10.6. The van der Waals surface area contributed by atoms with Crippen molar-refractivity contribution < 1.29 is 22.4 Å². The van der Waals surface area contributed by atoms with Crippen LogP contribution in [0.25, 0.3) is 0 Å². The predicted molar refractivity (Wildman–Crippen MR) is 114 cm³/mol. The number of hydrogen-bond acceptors (Lipinski definition) is 7. The van der Waals surface area contributed by atoms with Crippen LogP contribution in [-0.2, 0) is 6.18 Å². The summed E-state index contributed by atoms with van der Waals surface area (Å²) >= 11 is 0. The molecule has 0 aromatic carbocycles. The monoisotopic (exact) mass is 450 g/mol. The molecule has 1 saturated heterocycles. The second-order valence-electron chi connectivity index (χ2n) is 8.11. The predicted octanol–water partition coefficient (Wildman–Crippen LogP) is 3.86. The van der Waals surface area contributed by atoms with Crippen LogP contribution in [0.5, 0.6) is 0 Å². The number of halogens is 3. The van der Waals surface area contributed by atoms with E-state index in [-0.39, 0.29) is 11.7 Å². The van der Waals surface area contributed by atoms with Gasteiger partial charge in [0.2, 0.25) is 5.76 Å². The van der Waals surface area contributed by atoms with Gasteiger partial charge in [0, 0.05) is 32.4 Å². The summed E-state index contributed by atoms with van der Waals surface area (Å²) in [7, 11) is 0. The Bertz CT molecular complexity index is 973. The molecule has 0 aliphatic carbocycles. The Balaban J connectivity index is 1.51. The highest BCUT2D eigenvalue weighted by atomic mass is 19.4. The molecule has 2 aromatic rings.